The highest BCUT2D eigenvalue weighted by Crippen LogP contribution is 2.04. The Morgan fingerprint density at radius 2 is 2.31 bits per heavy atom. The number of carbonyl (C=O) groups excluding carboxylic acids is 1. The normalized spacial score (nSPS) is 9.94. The molecular weight excluding hydrogens is 226 g/mol. The Hall–Kier alpha value is -1.63. The highest BCUT2D eigenvalue weighted by molar-refractivity contribution is 7.80. The molecule has 0 aliphatic heterocycles. The van der Waals surface area contributed by atoms with E-state index < -0.39 is 0 Å². The van der Waals surface area contributed by atoms with Gasteiger partial charge in [0.1, 0.15) is 0 Å². The molecule has 0 saturated carbocycles. The number of carbonyl (C=O) groups is 1. The van der Waals surface area contributed by atoms with Crippen LogP contribution in [0.5, 0.6) is 0 Å². The van der Waals surface area contributed by atoms with E-state index in [1.54, 1.807) is 31.9 Å². The van der Waals surface area contributed by atoms with E-state index in [0.717, 1.165) is 5.69 Å². The van der Waals surface area contributed by atoms with Gasteiger partial charge in [-0.3, -0.25) is 9.48 Å². The number of nitrogens with one attached hydrogen (secondary N) is 1. The van der Waals surface area contributed by atoms with Gasteiger partial charge in [-0.25, -0.2) is 0 Å². The molecule has 0 bridgehead atoms. The Balaban J connectivity index is 2.81. The lowest BCUT2D eigenvalue weighted by Crippen LogP contribution is -2.29. The summed E-state index contributed by atoms with van der Waals surface area (Å²) >= 11 is 4.70. The summed E-state index contributed by atoms with van der Waals surface area (Å²) in [5.41, 5.74) is 6.58. The summed E-state index contributed by atoms with van der Waals surface area (Å²) in [4.78, 5) is 13.1. The molecule has 0 atom stereocenters. The third kappa shape index (κ3) is 2.93. The van der Waals surface area contributed by atoms with E-state index in [1.165, 1.54) is 4.90 Å². The first-order valence-corrected chi connectivity index (χ1v) is 5.10. The second-order valence-corrected chi connectivity index (χ2v) is 4.00. The van der Waals surface area contributed by atoms with Crippen LogP contribution in [-0.4, -0.2) is 39.8 Å². The smallest absolute Gasteiger partial charge is 0.273 e. The predicted molar refractivity (Wildman–Crippen MR) is 64.9 cm³/mol. The second-order valence-electron chi connectivity index (χ2n) is 3.56. The van der Waals surface area contributed by atoms with Gasteiger partial charge >= 0.3 is 0 Å². The van der Waals surface area contributed by atoms with Crippen molar-refractivity contribution in [3.8, 4) is 0 Å². The van der Waals surface area contributed by atoms with Gasteiger partial charge in [-0.1, -0.05) is 0 Å². The summed E-state index contributed by atoms with van der Waals surface area (Å²) < 4.78 is 1.63. The molecule has 0 spiro atoms. The number of nitrogens with zero attached hydrogens (tertiary/aromatic N) is 3. The number of amides is 1. The molecule has 0 aromatic carbocycles. The number of thiocarbonyl (C=S) groups is 1. The van der Waals surface area contributed by atoms with Gasteiger partial charge in [0, 0.05) is 21.1 Å². The zero-order chi connectivity index (χ0) is 12.3. The summed E-state index contributed by atoms with van der Waals surface area (Å²) in [6, 6.07) is 1.72. The van der Waals surface area contributed by atoms with Crippen LogP contribution in [0.2, 0.25) is 0 Å². The van der Waals surface area contributed by atoms with Crippen LogP contribution in [0.4, 0.5) is 0 Å². The second kappa shape index (κ2) is 4.93. The molecule has 0 aliphatic rings. The first-order chi connectivity index (χ1) is 7.41. The molecule has 0 fully saturated rings. The molecule has 1 aromatic heterocycles. The number of rotatable bonds is 3. The van der Waals surface area contributed by atoms with E-state index in [0.29, 0.717) is 12.2 Å². The van der Waals surface area contributed by atoms with E-state index in [1.807, 2.05) is 0 Å². The van der Waals surface area contributed by atoms with Crippen molar-refractivity contribution < 1.29 is 4.79 Å². The van der Waals surface area contributed by atoms with Crippen LogP contribution in [-0.2, 0) is 13.6 Å². The molecule has 88 valence electrons. The molecular formula is C9H15N5OS. The van der Waals surface area contributed by atoms with Gasteiger partial charge in [-0.2, -0.15) is 5.10 Å². The lowest BCUT2D eigenvalue weighted by atomic mass is 10.3. The molecule has 1 heterocycles. The molecule has 1 aromatic rings. The molecule has 0 aliphatic carbocycles. The fourth-order valence-corrected chi connectivity index (χ4v) is 1.25. The van der Waals surface area contributed by atoms with Crippen molar-refractivity contribution in [3.05, 3.63) is 17.5 Å². The lowest BCUT2D eigenvalue weighted by Gasteiger charge is -2.06. The monoisotopic (exact) mass is 241 g/mol. The molecule has 3 N–H and O–H groups in total. The molecule has 0 saturated heterocycles. The minimum absolute atomic E-state index is 0.128. The van der Waals surface area contributed by atoms with Crippen LogP contribution < -0.4 is 11.1 Å². The van der Waals surface area contributed by atoms with E-state index in [9.17, 15) is 4.79 Å². The number of hydrogen-bond acceptors (Lipinski definition) is 3. The van der Waals surface area contributed by atoms with Crippen molar-refractivity contribution in [3.63, 3.8) is 0 Å². The maximum Gasteiger partial charge on any atom is 0.273 e. The van der Waals surface area contributed by atoms with E-state index in [-0.39, 0.29) is 11.0 Å². The van der Waals surface area contributed by atoms with Crippen LogP contribution in [0.3, 0.4) is 0 Å². The van der Waals surface area contributed by atoms with Gasteiger partial charge < -0.3 is 16.0 Å². The maximum atomic E-state index is 11.6. The molecule has 1 amide bonds. The molecule has 16 heavy (non-hydrogen) atoms. The van der Waals surface area contributed by atoms with Crippen molar-refractivity contribution >= 4 is 23.2 Å². The topological polar surface area (TPSA) is 76.2 Å². The predicted octanol–water partition coefficient (Wildman–Crippen LogP) is -0.545. The van der Waals surface area contributed by atoms with Crippen molar-refractivity contribution in [2.75, 3.05) is 14.1 Å². The van der Waals surface area contributed by atoms with Crippen molar-refractivity contribution in [2.24, 2.45) is 12.8 Å². The zero-order valence-electron chi connectivity index (χ0n) is 9.52. The fraction of sp³-hybridized carbons (Fsp3) is 0.444. The maximum absolute atomic E-state index is 11.6. The summed E-state index contributed by atoms with van der Waals surface area (Å²) in [5.74, 6) is -0.128. The minimum Gasteiger partial charge on any atom is -0.376 e. The lowest BCUT2D eigenvalue weighted by molar-refractivity contribution is 0.0821. The highest BCUT2D eigenvalue weighted by Gasteiger charge is 2.14. The first kappa shape index (κ1) is 12.4. The molecule has 0 radical (unpaired) electrons. The summed E-state index contributed by atoms with van der Waals surface area (Å²) in [6.45, 7) is 0.458. The molecule has 0 unspecified atom stereocenters. The third-order valence-corrected chi connectivity index (χ3v) is 2.19. The van der Waals surface area contributed by atoms with Crippen LogP contribution in [0.15, 0.2) is 6.07 Å². The van der Waals surface area contributed by atoms with E-state index in [2.05, 4.69) is 10.4 Å². The van der Waals surface area contributed by atoms with Crippen LogP contribution in [0.1, 0.15) is 16.2 Å². The molecule has 1 rings (SSSR count). The third-order valence-electron chi connectivity index (χ3n) is 2.05. The van der Waals surface area contributed by atoms with Gasteiger partial charge in [0.05, 0.1) is 12.2 Å². The summed E-state index contributed by atoms with van der Waals surface area (Å²) in [5, 5.41) is 7.14. The highest BCUT2D eigenvalue weighted by atomic mass is 32.1. The van der Waals surface area contributed by atoms with Crippen LogP contribution in [0, 0.1) is 0 Å². The standard InChI is InChI=1S/C9H15N5OS/c1-13(2)8(15)7-4-6(14(3)12-7)5-11-9(10)16/h4H,5H2,1-3H3,(H3,10,11,16). The Morgan fingerprint density at radius 3 is 2.81 bits per heavy atom. The van der Waals surface area contributed by atoms with Crippen LogP contribution in [0.25, 0.3) is 0 Å². The van der Waals surface area contributed by atoms with Gasteiger partial charge in [0.2, 0.25) is 0 Å². The number of hydrogen-bond donors (Lipinski definition) is 2. The Morgan fingerprint density at radius 1 is 1.69 bits per heavy atom. The first-order valence-electron chi connectivity index (χ1n) is 4.69. The zero-order valence-corrected chi connectivity index (χ0v) is 10.3. The minimum atomic E-state index is -0.128. The average Bonchev–Trinajstić information content (AvgIpc) is 2.55. The van der Waals surface area contributed by atoms with Crippen LogP contribution >= 0.6 is 12.2 Å². The fourth-order valence-electron chi connectivity index (χ4n) is 1.18. The Kier molecular flexibility index (Phi) is 3.83. The Labute approximate surface area is 99.4 Å². The van der Waals surface area contributed by atoms with E-state index >= 15 is 0 Å². The van der Waals surface area contributed by atoms with Crippen molar-refractivity contribution in [2.45, 2.75) is 6.54 Å². The number of aryl methyl sites for hydroxylation is 1. The van der Waals surface area contributed by atoms with Gasteiger partial charge in [0.15, 0.2) is 10.8 Å². The molecule has 7 heteroatoms. The largest absolute Gasteiger partial charge is 0.376 e. The quantitative estimate of drug-likeness (QED) is 0.695. The summed E-state index contributed by atoms with van der Waals surface area (Å²) in [6.07, 6.45) is 0. The molecule has 6 nitrogen and oxygen atoms in total. The van der Waals surface area contributed by atoms with Gasteiger partial charge in [-0.05, 0) is 18.3 Å². The van der Waals surface area contributed by atoms with Crippen molar-refractivity contribution in [1.82, 2.24) is 20.0 Å². The number of aromatic nitrogens is 2. The number of nitrogens with two attached hydrogens (primary N) is 1. The van der Waals surface area contributed by atoms with Gasteiger partial charge in [0.25, 0.3) is 5.91 Å². The Bertz CT molecular complexity index is 412. The van der Waals surface area contributed by atoms with E-state index in [4.69, 9.17) is 18.0 Å². The SMILES string of the molecule is CN(C)C(=O)c1cc(CNC(N)=S)n(C)n1. The summed E-state index contributed by atoms with van der Waals surface area (Å²) in [7, 11) is 5.14. The van der Waals surface area contributed by atoms with Gasteiger partial charge in [-0.15, -0.1) is 0 Å². The average molecular weight is 241 g/mol. The van der Waals surface area contributed by atoms with Crippen molar-refractivity contribution in [1.29, 1.82) is 0 Å².